The van der Waals surface area contributed by atoms with Gasteiger partial charge >= 0.3 is 5.97 Å². The number of unbranched alkanes of at least 4 members (excludes halogenated alkanes) is 2. The zero-order chi connectivity index (χ0) is 73.6. The van der Waals surface area contributed by atoms with Crippen molar-refractivity contribution in [1.29, 1.82) is 0 Å². The molecule has 0 spiro atoms. The van der Waals surface area contributed by atoms with Gasteiger partial charge in [-0.15, -0.1) is 0 Å². The number of likely N-dealkylation sites (tertiary alicyclic amines) is 1. The third-order valence-corrected chi connectivity index (χ3v) is 15.4. The van der Waals surface area contributed by atoms with Crippen molar-refractivity contribution in [3.05, 3.63) is 29.8 Å². The van der Waals surface area contributed by atoms with Gasteiger partial charge in [-0.2, -0.15) is 0 Å². The predicted molar refractivity (Wildman–Crippen MR) is 356 cm³/mol. The number of rotatable bonds is 48. The van der Waals surface area contributed by atoms with E-state index in [0.717, 1.165) is 4.90 Å². The fourth-order valence-corrected chi connectivity index (χ4v) is 10.2. The van der Waals surface area contributed by atoms with Crippen molar-refractivity contribution in [3.8, 4) is 5.75 Å². The molecule has 1 heterocycles. The second-order valence-electron chi connectivity index (χ2n) is 24.0. The molecule has 0 aliphatic carbocycles. The molecule has 0 radical (unpaired) electrons. The average molecular weight is 1390 g/mol. The van der Waals surface area contributed by atoms with Gasteiger partial charge < -0.3 is 125 Å². The van der Waals surface area contributed by atoms with Crippen molar-refractivity contribution in [2.75, 3.05) is 45.9 Å². The van der Waals surface area contributed by atoms with Gasteiger partial charge in [0.05, 0.1) is 19.3 Å². The first-order valence-electron chi connectivity index (χ1n) is 32.5. The number of guanidine groups is 2. The van der Waals surface area contributed by atoms with Crippen molar-refractivity contribution >= 4 is 88.8 Å². The molecule has 1 saturated heterocycles. The zero-order valence-corrected chi connectivity index (χ0v) is 55.5. The second kappa shape index (κ2) is 45.1. The number of carboxylic acid groups (broad SMARTS) is 1. The number of benzene rings is 1. The van der Waals surface area contributed by atoms with E-state index in [1.165, 1.54) is 24.3 Å². The van der Waals surface area contributed by atoms with Crippen LogP contribution in [0.2, 0.25) is 0 Å². The Morgan fingerprint density at radius 2 is 0.888 bits per heavy atom. The number of aliphatic imine (C=N–C) groups is 2. The van der Waals surface area contributed by atoms with Gasteiger partial charge in [0.15, 0.2) is 11.9 Å². The summed E-state index contributed by atoms with van der Waals surface area (Å²) < 4.78 is 0. The Morgan fingerprint density at radius 1 is 0.500 bits per heavy atom. The maximum absolute atomic E-state index is 14.5. The Morgan fingerprint density at radius 3 is 1.34 bits per heavy atom. The molecule has 38 heteroatoms. The molecule has 1 aliphatic heterocycles. The first-order valence-corrected chi connectivity index (χ1v) is 32.5. The van der Waals surface area contributed by atoms with Crippen LogP contribution in [0.5, 0.6) is 5.75 Å². The standard InChI is InChI=1S/C60H103N21O17/c1-32(2)28-42(58(97)98)78-53(92)41(29-33-15-17-34(84)18-16-33)77-50(89)37(11-4-6-24-62)74-54(93)43(30-82)79-51(90)38(12-7-25-70-59(66)67)73-52(91)39(20-22-47(65)86)75-55(94)44(31-83)80-56(95)45-14-9-27-81(45)57(96)40(13-8-26-71-60(68)69)76-49(88)36(10-3-5-23-61)72-48(87)35(63)19-21-46(64)85/h15-18,32,35-45,82-84H,3-14,19-31,61-63H2,1-2H3,(H2,64,85)(H2,65,86)(H,72,87)(H,73,91)(H,74,93)(H,75,94)(H,76,88)(H,77,89)(H,78,92)(H,79,90)(H,80,95)(H,97,98)(H4,66,67,70)(H4,68,69,71). The summed E-state index contributed by atoms with van der Waals surface area (Å²) in [7, 11) is 0. The first kappa shape index (κ1) is 84.6. The molecule has 550 valence electrons. The lowest BCUT2D eigenvalue weighted by molar-refractivity contribution is -0.143. The molecule has 98 heavy (non-hydrogen) atoms. The highest BCUT2D eigenvalue weighted by molar-refractivity contribution is 5.99. The highest BCUT2D eigenvalue weighted by atomic mass is 16.4. The Hall–Kier alpha value is -9.53. The molecule has 1 aromatic carbocycles. The lowest BCUT2D eigenvalue weighted by atomic mass is 10.0. The number of carboxylic acids is 1. The monoisotopic (exact) mass is 1390 g/mol. The van der Waals surface area contributed by atoms with Crippen LogP contribution in [0.15, 0.2) is 34.3 Å². The van der Waals surface area contributed by atoms with Crippen LogP contribution in [0.1, 0.15) is 129 Å². The third-order valence-electron chi connectivity index (χ3n) is 15.4. The van der Waals surface area contributed by atoms with Crippen molar-refractivity contribution in [2.24, 2.45) is 67.5 Å². The van der Waals surface area contributed by atoms with E-state index in [0.29, 0.717) is 24.8 Å². The molecular weight excluding hydrogens is 1290 g/mol. The van der Waals surface area contributed by atoms with Crippen LogP contribution in [0.25, 0.3) is 0 Å². The summed E-state index contributed by atoms with van der Waals surface area (Å²) >= 11 is 0. The number of phenols is 1. The van der Waals surface area contributed by atoms with Crippen molar-refractivity contribution < 1.29 is 82.8 Å². The smallest absolute Gasteiger partial charge is 0.326 e. The number of nitrogens with zero attached hydrogens (tertiary/aromatic N) is 3. The van der Waals surface area contributed by atoms with Crippen molar-refractivity contribution in [3.63, 3.8) is 0 Å². The summed E-state index contributed by atoms with van der Waals surface area (Å²) in [6.07, 6.45) is -0.295. The van der Waals surface area contributed by atoms with E-state index in [1.807, 2.05) is 0 Å². The number of aromatic hydroxyl groups is 1. The van der Waals surface area contributed by atoms with E-state index in [9.17, 15) is 82.8 Å². The molecular formula is C60H103N21O17. The van der Waals surface area contributed by atoms with Gasteiger partial charge in [-0.1, -0.05) is 26.0 Å². The summed E-state index contributed by atoms with van der Waals surface area (Å²) in [5, 5.41) is 63.1. The normalized spacial score (nSPS) is 15.7. The Kier molecular flexibility index (Phi) is 38.9. The second-order valence-corrected chi connectivity index (χ2v) is 24.0. The summed E-state index contributed by atoms with van der Waals surface area (Å²) in [5.41, 5.74) is 50.5. The van der Waals surface area contributed by atoms with E-state index in [2.05, 4.69) is 57.8 Å². The number of amides is 12. The number of carbonyl (C=O) groups is 13. The lowest BCUT2D eigenvalue weighted by Gasteiger charge is -2.31. The Bertz CT molecular complexity index is 2880. The molecule has 11 unspecified atom stereocenters. The number of aliphatic carboxylic acids is 1. The Balaban J connectivity index is 2.46. The van der Waals surface area contributed by atoms with Gasteiger partial charge in [-0.3, -0.25) is 67.5 Å². The lowest BCUT2D eigenvalue weighted by Crippen LogP contribution is -2.61. The van der Waals surface area contributed by atoms with E-state index in [-0.39, 0.29) is 140 Å². The molecule has 31 N–H and O–H groups in total. The largest absolute Gasteiger partial charge is 0.508 e. The van der Waals surface area contributed by atoms with Gasteiger partial charge in [-0.05, 0) is 133 Å². The minimum absolute atomic E-state index is 0.0117. The number of aliphatic hydroxyl groups excluding tert-OH is 2. The van der Waals surface area contributed by atoms with Gasteiger partial charge in [-0.25, -0.2) is 4.79 Å². The van der Waals surface area contributed by atoms with E-state index >= 15 is 0 Å². The fraction of sp³-hybridized carbons (Fsp3) is 0.650. The van der Waals surface area contributed by atoms with Crippen LogP contribution in [0.4, 0.5) is 0 Å². The van der Waals surface area contributed by atoms with Crippen LogP contribution in [-0.2, 0) is 68.7 Å². The molecule has 0 saturated carbocycles. The Labute approximate surface area is 567 Å². The summed E-state index contributed by atoms with van der Waals surface area (Å²) in [4.78, 5) is 185. The molecule has 38 nitrogen and oxygen atoms in total. The van der Waals surface area contributed by atoms with E-state index in [4.69, 9.17) is 51.6 Å². The number of hydrogen-bond acceptors (Lipinski definition) is 21. The summed E-state index contributed by atoms with van der Waals surface area (Å²) in [5.74, 6) is -13.6. The summed E-state index contributed by atoms with van der Waals surface area (Å²) in [6, 6.07) is -10.9. The number of aliphatic hydroxyl groups is 2. The molecule has 11 atom stereocenters. The number of hydrogen-bond donors (Lipinski definition) is 22. The van der Waals surface area contributed by atoms with Crippen LogP contribution in [0.3, 0.4) is 0 Å². The number of nitrogens with two attached hydrogens (primary N) is 9. The average Bonchev–Trinajstić information content (AvgIpc) is 1.60. The van der Waals surface area contributed by atoms with Crippen LogP contribution in [-0.4, -0.2) is 226 Å². The molecule has 0 aromatic heterocycles. The fourth-order valence-electron chi connectivity index (χ4n) is 10.2. The highest BCUT2D eigenvalue weighted by Gasteiger charge is 2.41. The van der Waals surface area contributed by atoms with E-state index < -0.39 is 169 Å². The van der Waals surface area contributed by atoms with E-state index in [1.54, 1.807) is 13.8 Å². The maximum Gasteiger partial charge on any atom is 0.326 e. The SMILES string of the molecule is CC(C)CC(NC(=O)C(Cc1ccc(O)cc1)NC(=O)C(CCCCN)NC(=O)C(CO)NC(=O)C(CCCN=C(N)N)NC(=O)C(CCC(N)=O)NC(=O)C(CO)NC(=O)C1CCCN1C(=O)C(CCCN=C(N)N)NC(=O)C(CCCCN)NC(=O)C(N)CCC(N)=O)C(=O)O. The molecule has 1 fully saturated rings. The predicted octanol–water partition coefficient (Wildman–Crippen LogP) is -8.37. The minimum atomic E-state index is -1.85. The number of phenolic OH excluding ortho intramolecular Hbond substituents is 1. The van der Waals surface area contributed by atoms with Crippen molar-refractivity contribution in [2.45, 2.75) is 196 Å². The third kappa shape index (κ3) is 32.0. The number of primary amides is 2. The van der Waals surface area contributed by atoms with Gasteiger partial charge in [0, 0.05) is 38.9 Å². The topological polar surface area (TPSA) is 673 Å². The van der Waals surface area contributed by atoms with Gasteiger partial charge in [0.1, 0.15) is 66.2 Å². The van der Waals surface area contributed by atoms with Crippen LogP contribution >= 0.6 is 0 Å². The van der Waals surface area contributed by atoms with Crippen molar-refractivity contribution in [1.82, 2.24) is 52.8 Å². The number of nitrogens with one attached hydrogen (secondary N) is 9. The molecule has 1 aromatic rings. The quantitative estimate of drug-likeness (QED) is 0.0164. The van der Waals surface area contributed by atoms with Crippen LogP contribution < -0.4 is 99.5 Å². The minimum Gasteiger partial charge on any atom is -0.508 e. The number of carbonyl (C=O) groups excluding carboxylic acids is 12. The zero-order valence-electron chi connectivity index (χ0n) is 55.5. The molecule has 12 amide bonds. The highest BCUT2D eigenvalue weighted by Crippen LogP contribution is 2.21. The summed E-state index contributed by atoms with van der Waals surface area (Å²) in [6.45, 7) is 1.57. The first-order chi connectivity index (χ1) is 46.3. The van der Waals surface area contributed by atoms with Crippen LogP contribution in [0, 0.1) is 5.92 Å². The molecule has 1 aliphatic rings. The van der Waals surface area contributed by atoms with Gasteiger partial charge in [0.2, 0.25) is 70.9 Å². The van der Waals surface area contributed by atoms with Gasteiger partial charge in [0.25, 0.3) is 0 Å². The molecule has 2 rings (SSSR count). The maximum atomic E-state index is 14.5. The molecule has 0 bridgehead atoms.